The summed E-state index contributed by atoms with van der Waals surface area (Å²) >= 11 is 6.14. The van der Waals surface area contributed by atoms with Crippen LogP contribution in [-0.2, 0) is 29.0 Å². The largest absolute Gasteiger partial charge is 0.368 e. The van der Waals surface area contributed by atoms with E-state index in [9.17, 15) is 9.59 Å². The fourth-order valence-corrected chi connectivity index (χ4v) is 5.05. The Balaban J connectivity index is 1.35. The summed E-state index contributed by atoms with van der Waals surface area (Å²) in [6, 6.07) is 5.60. The SMILES string of the molecule is Cc1ncc2c(c1CNC(=O)C1CCCO1)CCN(C(=O)c1[nH]c3ccc(Cl)cc3c1C)C2. The first kappa shape index (κ1) is 21.9. The second-order valence-corrected chi connectivity index (χ2v) is 9.27. The van der Waals surface area contributed by atoms with Crippen LogP contribution in [0.3, 0.4) is 0 Å². The smallest absolute Gasteiger partial charge is 0.270 e. The number of halogens is 1. The van der Waals surface area contributed by atoms with Crippen molar-refractivity contribution in [1.82, 2.24) is 20.2 Å². The molecule has 33 heavy (non-hydrogen) atoms. The van der Waals surface area contributed by atoms with Gasteiger partial charge in [0.15, 0.2) is 0 Å². The molecule has 0 radical (unpaired) electrons. The number of ether oxygens (including phenoxy) is 1. The predicted octanol–water partition coefficient (Wildman–Crippen LogP) is 3.83. The summed E-state index contributed by atoms with van der Waals surface area (Å²) in [7, 11) is 0. The number of aromatic amines is 1. The Morgan fingerprint density at radius 2 is 2.18 bits per heavy atom. The molecule has 172 valence electrons. The molecule has 2 aromatic heterocycles. The average molecular weight is 467 g/mol. The molecule has 0 bridgehead atoms. The van der Waals surface area contributed by atoms with E-state index >= 15 is 0 Å². The number of fused-ring (bicyclic) bond motifs is 2. The molecule has 2 aliphatic rings. The fraction of sp³-hybridized carbons (Fsp3) is 0.400. The van der Waals surface area contributed by atoms with E-state index in [1.807, 2.05) is 43.1 Å². The Hall–Kier alpha value is -2.90. The third kappa shape index (κ3) is 4.11. The number of hydrogen-bond donors (Lipinski definition) is 2. The maximum absolute atomic E-state index is 13.4. The van der Waals surface area contributed by atoms with Crippen LogP contribution >= 0.6 is 11.6 Å². The van der Waals surface area contributed by atoms with E-state index in [0.717, 1.165) is 52.5 Å². The molecule has 1 unspecified atom stereocenters. The molecule has 0 spiro atoms. The average Bonchev–Trinajstić information content (AvgIpc) is 3.46. The van der Waals surface area contributed by atoms with E-state index in [1.165, 1.54) is 5.56 Å². The Bertz CT molecular complexity index is 1250. The predicted molar refractivity (Wildman–Crippen MR) is 126 cm³/mol. The minimum Gasteiger partial charge on any atom is -0.368 e. The summed E-state index contributed by atoms with van der Waals surface area (Å²) < 4.78 is 5.48. The molecule has 1 saturated heterocycles. The Labute approximate surface area is 197 Å². The van der Waals surface area contributed by atoms with Gasteiger partial charge in [-0.3, -0.25) is 14.6 Å². The van der Waals surface area contributed by atoms with Gasteiger partial charge in [0, 0.05) is 54.1 Å². The van der Waals surface area contributed by atoms with Gasteiger partial charge in [-0.1, -0.05) is 11.6 Å². The minimum absolute atomic E-state index is 0.0284. The summed E-state index contributed by atoms with van der Waals surface area (Å²) in [6.07, 6.45) is 3.92. The lowest BCUT2D eigenvalue weighted by Gasteiger charge is -2.30. The van der Waals surface area contributed by atoms with Crippen molar-refractivity contribution in [1.29, 1.82) is 0 Å². The van der Waals surface area contributed by atoms with Gasteiger partial charge in [-0.05, 0) is 73.6 Å². The van der Waals surface area contributed by atoms with E-state index in [4.69, 9.17) is 16.3 Å². The van der Waals surface area contributed by atoms with Crippen LogP contribution in [-0.4, -0.2) is 45.9 Å². The number of nitrogens with one attached hydrogen (secondary N) is 2. The molecule has 1 atom stereocenters. The van der Waals surface area contributed by atoms with E-state index in [1.54, 1.807) is 0 Å². The number of pyridine rings is 1. The van der Waals surface area contributed by atoms with Crippen molar-refractivity contribution >= 4 is 34.3 Å². The number of carbonyl (C=O) groups is 2. The van der Waals surface area contributed by atoms with Gasteiger partial charge in [0.2, 0.25) is 5.91 Å². The Kier molecular flexibility index (Phi) is 5.85. The number of H-pyrrole nitrogens is 1. The maximum atomic E-state index is 13.4. The van der Waals surface area contributed by atoms with Gasteiger partial charge >= 0.3 is 0 Å². The lowest BCUT2D eigenvalue weighted by atomic mass is 9.94. The van der Waals surface area contributed by atoms with Crippen molar-refractivity contribution < 1.29 is 14.3 Å². The number of hydrogen-bond acceptors (Lipinski definition) is 4. The maximum Gasteiger partial charge on any atom is 0.270 e. The Morgan fingerprint density at radius 1 is 1.33 bits per heavy atom. The van der Waals surface area contributed by atoms with Crippen LogP contribution in [0.1, 0.15) is 51.3 Å². The first-order valence-electron chi connectivity index (χ1n) is 11.3. The van der Waals surface area contributed by atoms with Crippen LogP contribution in [0.25, 0.3) is 10.9 Å². The van der Waals surface area contributed by atoms with Gasteiger partial charge < -0.3 is 19.9 Å². The highest BCUT2D eigenvalue weighted by Crippen LogP contribution is 2.29. The number of rotatable bonds is 4. The summed E-state index contributed by atoms with van der Waals surface area (Å²) in [5.74, 6) is -0.0919. The van der Waals surface area contributed by atoms with Crippen LogP contribution in [0.15, 0.2) is 24.4 Å². The molecule has 8 heteroatoms. The molecule has 3 aromatic rings. The lowest BCUT2D eigenvalue weighted by molar-refractivity contribution is -0.130. The third-order valence-corrected chi connectivity index (χ3v) is 7.01. The Morgan fingerprint density at radius 3 is 2.97 bits per heavy atom. The lowest BCUT2D eigenvalue weighted by Crippen LogP contribution is -2.38. The quantitative estimate of drug-likeness (QED) is 0.611. The van der Waals surface area contributed by atoms with Gasteiger partial charge in [-0.2, -0.15) is 0 Å². The zero-order chi connectivity index (χ0) is 23.1. The van der Waals surface area contributed by atoms with Gasteiger partial charge in [0.05, 0.1) is 0 Å². The molecular formula is C25H27ClN4O3. The summed E-state index contributed by atoms with van der Waals surface area (Å²) in [5, 5.41) is 4.63. The molecule has 7 nitrogen and oxygen atoms in total. The summed E-state index contributed by atoms with van der Waals surface area (Å²) in [4.78, 5) is 35.4. The second kappa shape index (κ2) is 8.80. The normalized spacial score (nSPS) is 17.9. The van der Waals surface area contributed by atoms with Crippen LogP contribution in [0.5, 0.6) is 0 Å². The number of aromatic nitrogens is 2. The second-order valence-electron chi connectivity index (χ2n) is 8.84. The fourth-order valence-electron chi connectivity index (χ4n) is 4.87. The van der Waals surface area contributed by atoms with E-state index < -0.39 is 0 Å². The van der Waals surface area contributed by atoms with E-state index in [2.05, 4.69) is 15.3 Å². The van der Waals surface area contributed by atoms with Crippen LogP contribution in [0.2, 0.25) is 5.02 Å². The number of nitrogens with zero attached hydrogens (tertiary/aromatic N) is 2. The molecule has 2 aliphatic heterocycles. The molecule has 0 saturated carbocycles. The van der Waals surface area contributed by atoms with Gasteiger partial charge in [0.1, 0.15) is 11.8 Å². The monoisotopic (exact) mass is 466 g/mol. The van der Waals surface area contributed by atoms with Crippen molar-refractivity contribution in [3.05, 3.63) is 63.1 Å². The highest BCUT2D eigenvalue weighted by atomic mass is 35.5. The van der Waals surface area contributed by atoms with Crippen molar-refractivity contribution in [3.8, 4) is 0 Å². The van der Waals surface area contributed by atoms with Crippen LogP contribution in [0, 0.1) is 13.8 Å². The molecule has 2 amide bonds. The van der Waals surface area contributed by atoms with Crippen molar-refractivity contribution in [3.63, 3.8) is 0 Å². The van der Waals surface area contributed by atoms with E-state index in [-0.39, 0.29) is 17.9 Å². The number of amides is 2. The summed E-state index contributed by atoms with van der Waals surface area (Å²) in [6.45, 7) is 6.08. The molecule has 0 aliphatic carbocycles. The molecule has 2 N–H and O–H groups in total. The molecule has 4 heterocycles. The number of carbonyl (C=O) groups excluding carboxylic acids is 2. The molecule has 1 fully saturated rings. The van der Waals surface area contributed by atoms with Crippen LogP contribution < -0.4 is 5.32 Å². The molecule has 5 rings (SSSR count). The zero-order valence-corrected chi connectivity index (χ0v) is 19.6. The molecule has 1 aromatic carbocycles. The standard InChI is InChI=1S/C25H27ClN4O3/c1-14-19-10-17(26)5-6-21(19)29-23(14)25(32)30-8-7-18-16(13-30)11-27-15(2)20(18)12-28-24(31)22-4-3-9-33-22/h5-6,10-11,22,29H,3-4,7-9,12-13H2,1-2H3,(H,28,31). The van der Waals surface area contributed by atoms with Crippen LogP contribution in [0.4, 0.5) is 0 Å². The minimum atomic E-state index is -0.347. The molecular weight excluding hydrogens is 440 g/mol. The van der Waals surface area contributed by atoms with Gasteiger partial charge in [0.25, 0.3) is 5.91 Å². The van der Waals surface area contributed by atoms with Crippen molar-refractivity contribution in [2.75, 3.05) is 13.2 Å². The van der Waals surface area contributed by atoms with Gasteiger partial charge in [-0.25, -0.2) is 0 Å². The number of benzene rings is 1. The highest BCUT2D eigenvalue weighted by molar-refractivity contribution is 6.31. The topological polar surface area (TPSA) is 87.3 Å². The van der Waals surface area contributed by atoms with Crippen molar-refractivity contribution in [2.24, 2.45) is 0 Å². The first-order valence-corrected chi connectivity index (χ1v) is 11.7. The first-order chi connectivity index (χ1) is 15.9. The highest BCUT2D eigenvalue weighted by Gasteiger charge is 2.28. The van der Waals surface area contributed by atoms with E-state index in [0.29, 0.717) is 37.0 Å². The van der Waals surface area contributed by atoms with Gasteiger partial charge in [-0.15, -0.1) is 0 Å². The van der Waals surface area contributed by atoms with Crippen molar-refractivity contribution in [2.45, 2.75) is 52.3 Å². The third-order valence-electron chi connectivity index (χ3n) is 6.78. The number of aryl methyl sites for hydroxylation is 2. The summed E-state index contributed by atoms with van der Waals surface area (Å²) in [5.41, 5.74) is 6.56. The zero-order valence-electron chi connectivity index (χ0n) is 18.8.